The molecular formula is C15H22ClN3O2S. The minimum Gasteiger partial charge on any atom is -0.443 e. The molecule has 0 radical (unpaired) electrons. The molecule has 0 aromatic carbocycles. The Hall–Kier alpha value is -1.37. The third kappa shape index (κ3) is 3.88. The number of amides is 1. The van der Waals surface area contributed by atoms with Gasteiger partial charge < -0.3 is 15.5 Å². The van der Waals surface area contributed by atoms with Gasteiger partial charge in [0.25, 0.3) is 0 Å². The summed E-state index contributed by atoms with van der Waals surface area (Å²) in [6.45, 7) is 4.68. The SMILES string of the molecule is CCC(CC)(CN)C(=O)NCc1coc(-c2cccs2)n1.Cl. The molecule has 0 aliphatic heterocycles. The summed E-state index contributed by atoms with van der Waals surface area (Å²) in [6.07, 6.45) is 3.04. The molecule has 0 bridgehead atoms. The van der Waals surface area contributed by atoms with Crippen molar-refractivity contribution >= 4 is 29.7 Å². The van der Waals surface area contributed by atoms with E-state index in [1.807, 2.05) is 31.4 Å². The van der Waals surface area contributed by atoms with Crippen LogP contribution in [0.4, 0.5) is 0 Å². The van der Waals surface area contributed by atoms with Gasteiger partial charge in [0.1, 0.15) is 6.26 Å². The first-order chi connectivity index (χ1) is 10.1. The summed E-state index contributed by atoms with van der Waals surface area (Å²) < 4.78 is 5.43. The number of hydrogen-bond acceptors (Lipinski definition) is 5. The van der Waals surface area contributed by atoms with E-state index in [0.29, 0.717) is 24.7 Å². The molecule has 5 nitrogen and oxygen atoms in total. The van der Waals surface area contributed by atoms with E-state index in [9.17, 15) is 4.79 Å². The van der Waals surface area contributed by atoms with Crippen LogP contribution in [0.1, 0.15) is 32.4 Å². The lowest BCUT2D eigenvalue weighted by Gasteiger charge is -2.28. The summed E-state index contributed by atoms with van der Waals surface area (Å²) in [5.41, 5.74) is 6.00. The van der Waals surface area contributed by atoms with Crippen LogP contribution in [0.3, 0.4) is 0 Å². The fourth-order valence-electron chi connectivity index (χ4n) is 2.21. The van der Waals surface area contributed by atoms with Gasteiger partial charge in [-0.25, -0.2) is 4.98 Å². The molecule has 1 amide bonds. The summed E-state index contributed by atoms with van der Waals surface area (Å²) in [6, 6.07) is 3.90. The van der Waals surface area contributed by atoms with Crippen LogP contribution in [-0.2, 0) is 11.3 Å². The molecule has 3 N–H and O–H groups in total. The van der Waals surface area contributed by atoms with Gasteiger partial charge in [0.05, 0.1) is 22.5 Å². The van der Waals surface area contributed by atoms with Crippen molar-refractivity contribution in [2.24, 2.45) is 11.1 Å². The van der Waals surface area contributed by atoms with Crippen molar-refractivity contribution in [3.8, 4) is 10.8 Å². The number of hydrogen-bond donors (Lipinski definition) is 2. The van der Waals surface area contributed by atoms with Gasteiger partial charge in [-0.05, 0) is 24.3 Å². The number of thiophene rings is 1. The number of rotatable bonds is 7. The van der Waals surface area contributed by atoms with E-state index >= 15 is 0 Å². The second-order valence-electron chi connectivity index (χ2n) is 5.00. The van der Waals surface area contributed by atoms with Crippen LogP contribution in [0.5, 0.6) is 0 Å². The van der Waals surface area contributed by atoms with Crippen LogP contribution in [0.15, 0.2) is 28.2 Å². The Kier molecular flexibility index (Phi) is 7.06. The number of oxazole rings is 1. The Bertz CT molecular complexity index is 571. The lowest BCUT2D eigenvalue weighted by molar-refractivity contribution is -0.131. The molecule has 22 heavy (non-hydrogen) atoms. The molecule has 0 fully saturated rings. The highest BCUT2D eigenvalue weighted by Gasteiger charge is 2.33. The van der Waals surface area contributed by atoms with Crippen molar-refractivity contribution < 1.29 is 9.21 Å². The fourth-order valence-corrected chi connectivity index (χ4v) is 2.87. The molecule has 0 aliphatic carbocycles. The van der Waals surface area contributed by atoms with E-state index in [1.54, 1.807) is 17.6 Å². The molecule has 122 valence electrons. The average Bonchev–Trinajstić information content (AvgIpc) is 3.18. The predicted molar refractivity (Wildman–Crippen MR) is 91.0 cm³/mol. The summed E-state index contributed by atoms with van der Waals surface area (Å²) in [5, 5.41) is 4.88. The highest BCUT2D eigenvalue weighted by molar-refractivity contribution is 7.13. The quantitative estimate of drug-likeness (QED) is 0.808. The van der Waals surface area contributed by atoms with Crippen molar-refractivity contribution in [1.29, 1.82) is 0 Å². The second kappa shape index (κ2) is 8.31. The summed E-state index contributed by atoms with van der Waals surface area (Å²) in [5.74, 6) is 0.570. The summed E-state index contributed by atoms with van der Waals surface area (Å²) in [4.78, 5) is 17.7. The third-order valence-corrected chi connectivity index (χ3v) is 4.80. The number of carbonyl (C=O) groups excluding carboxylic acids is 1. The summed E-state index contributed by atoms with van der Waals surface area (Å²) >= 11 is 1.57. The molecule has 0 atom stereocenters. The van der Waals surface area contributed by atoms with Crippen LogP contribution < -0.4 is 11.1 Å². The Morgan fingerprint density at radius 1 is 1.45 bits per heavy atom. The molecule has 0 aliphatic rings. The zero-order valence-electron chi connectivity index (χ0n) is 12.8. The Morgan fingerprint density at radius 3 is 2.73 bits per heavy atom. The highest BCUT2D eigenvalue weighted by Crippen LogP contribution is 2.26. The number of aromatic nitrogens is 1. The lowest BCUT2D eigenvalue weighted by atomic mass is 9.81. The van der Waals surface area contributed by atoms with E-state index in [-0.39, 0.29) is 18.3 Å². The van der Waals surface area contributed by atoms with Gasteiger partial charge in [0.2, 0.25) is 11.8 Å². The molecule has 2 aromatic heterocycles. The molecular weight excluding hydrogens is 322 g/mol. The van der Waals surface area contributed by atoms with Gasteiger partial charge in [-0.1, -0.05) is 19.9 Å². The Labute approximate surface area is 140 Å². The third-order valence-electron chi connectivity index (χ3n) is 3.94. The van der Waals surface area contributed by atoms with Crippen LogP contribution in [-0.4, -0.2) is 17.4 Å². The van der Waals surface area contributed by atoms with E-state index < -0.39 is 5.41 Å². The first kappa shape index (κ1) is 18.7. The molecule has 2 heterocycles. The van der Waals surface area contributed by atoms with Crippen molar-refractivity contribution in [3.63, 3.8) is 0 Å². The van der Waals surface area contributed by atoms with E-state index in [2.05, 4.69) is 10.3 Å². The number of nitrogens with two attached hydrogens (primary N) is 1. The van der Waals surface area contributed by atoms with E-state index in [1.165, 1.54) is 0 Å². The number of carbonyl (C=O) groups is 1. The van der Waals surface area contributed by atoms with Gasteiger partial charge in [-0.3, -0.25) is 4.79 Å². The molecule has 0 spiro atoms. The van der Waals surface area contributed by atoms with Crippen molar-refractivity contribution in [1.82, 2.24) is 10.3 Å². The second-order valence-corrected chi connectivity index (χ2v) is 5.94. The first-order valence-electron chi connectivity index (χ1n) is 7.12. The Balaban J connectivity index is 0.00000242. The van der Waals surface area contributed by atoms with Gasteiger partial charge in [0.15, 0.2) is 0 Å². The lowest BCUT2D eigenvalue weighted by Crippen LogP contribution is -2.45. The maximum atomic E-state index is 12.3. The smallest absolute Gasteiger partial charge is 0.236 e. The van der Waals surface area contributed by atoms with Crippen molar-refractivity contribution in [3.05, 3.63) is 29.5 Å². The van der Waals surface area contributed by atoms with Crippen LogP contribution >= 0.6 is 23.7 Å². The standard InChI is InChI=1S/C15H21N3O2S.ClH/c1-3-15(4-2,10-16)14(19)17-8-11-9-20-13(18-11)12-6-5-7-21-12;/h5-7,9H,3-4,8,10,16H2,1-2H3,(H,17,19);1H. The minimum atomic E-state index is -0.486. The molecule has 0 unspecified atom stereocenters. The van der Waals surface area contributed by atoms with Gasteiger partial charge in [-0.15, -0.1) is 23.7 Å². The van der Waals surface area contributed by atoms with Crippen molar-refractivity contribution in [2.75, 3.05) is 6.54 Å². The van der Waals surface area contributed by atoms with E-state index in [0.717, 1.165) is 17.7 Å². The Morgan fingerprint density at radius 2 is 2.18 bits per heavy atom. The predicted octanol–water partition coefficient (Wildman–Crippen LogP) is 3.21. The number of nitrogens with one attached hydrogen (secondary N) is 1. The summed E-state index contributed by atoms with van der Waals surface area (Å²) in [7, 11) is 0. The molecule has 7 heteroatoms. The maximum Gasteiger partial charge on any atom is 0.236 e. The van der Waals surface area contributed by atoms with Gasteiger partial charge >= 0.3 is 0 Å². The fraction of sp³-hybridized carbons (Fsp3) is 0.467. The molecule has 2 rings (SSSR count). The molecule has 0 saturated heterocycles. The van der Waals surface area contributed by atoms with E-state index in [4.69, 9.17) is 10.2 Å². The number of halogens is 1. The van der Waals surface area contributed by atoms with Gasteiger partial charge in [-0.2, -0.15) is 0 Å². The maximum absolute atomic E-state index is 12.3. The van der Waals surface area contributed by atoms with Crippen molar-refractivity contribution in [2.45, 2.75) is 33.2 Å². The molecule has 2 aromatic rings. The zero-order chi connectivity index (χ0) is 15.3. The minimum absolute atomic E-state index is 0. The topological polar surface area (TPSA) is 81.2 Å². The number of nitrogens with zero attached hydrogens (tertiary/aromatic N) is 1. The normalized spacial score (nSPS) is 11.0. The van der Waals surface area contributed by atoms with Crippen LogP contribution in [0.25, 0.3) is 10.8 Å². The monoisotopic (exact) mass is 343 g/mol. The van der Waals surface area contributed by atoms with Gasteiger partial charge in [0, 0.05) is 6.54 Å². The molecule has 0 saturated carbocycles. The first-order valence-corrected chi connectivity index (χ1v) is 7.99. The average molecular weight is 344 g/mol. The highest BCUT2D eigenvalue weighted by atomic mass is 35.5. The largest absolute Gasteiger partial charge is 0.443 e. The van der Waals surface area contributed by atoms with Crippen LogP contribution in [0, 0.1) is 5.41 Å². The zero-order valence-corrected chi connectivity index (χ0v) is 14.4. The van der Waals surface area contributed by atoms with Crippen LogP contribution in [0.2, 0.25) is 0 Å².